The van der Waals surface area contributed by atoms with Crippen molar-refractivity contribution in [2.24, 2.45) is 5.73 Å². The highest BCUT2D eigenvalue weighted by atomic mass is 32.2. The molecule has 1 amide bonds. The Kier molecular flexibility index (Phi) is 5.38. The van der Waals surface area contributed by atoms with E-state index in [0.29, 0.717) is 5.82 Å². The van der Waals surface area contributed by atoms with Crippen molar-refractivity contribution < 1.29 is 4.79 Å². The van der Waals surface area contributed by atoms with Gasteiger partial charge in [0.2, 0.25) is 5.91 Å². The number of aromatic nitrogens is 3. The molecule has 6 heteroatoms. The summed E-state index contributed by atoms with van der Waals surface area (Å²) < 4.78 is 1.77. The number of carbonyl (C=O) groups excluding carboxylic acids is 1. The molecule has 24 heavy (non-hydrogen) atoms. The highest BCUT2D eigenvalue weighted by Crippen LogP contribution is 2.30. The van der Waals surface area contributed by atoms with Crippen LogP contribution in [0.2, 0.25) is 0 Å². The Morgan fingerprint density at radius 3 is 2.25 bits per heavy atom. The maximum atomic E-state index is 11.2. The van der Waals surface area contributed by atoms with Gasteiger partial charge < -0.3 is 5.73 Å². The summed E-state index contributed by atoms with van der Waals surface area (Å²) in [5, 5.41) is 8.95. The fraction of sp³-hybridized carbons (Fsp3) is 0.500. The van der Waals surface area contributed by atoms with Gasteiger partial charge >= 0.3 is 0 Å². The van der Waals surface area contributed by atoms with Crippen LogP contribution < -0.4 is 5.73 Å². The number of hydrogen-bond donors (Lipinski definition) is 1. The number of primary amides is 1. The van der Waals surface area contributed by atoms with Gasteiger partial charge in [0.25, 0.3) is 0 Å². The third-order valence-corrected chi connectivity index (χ3v) is 5.12. The van der Waals surface area contributed by atoms with Gasteiger partial charge in [-0.15, -0.1) is 10.2 Å². The van der Waals surface area contributed by atoms with Gasteiger partial charge in [0.15, 0.2) is 5.16 Å². The molecular formula is C18H26N4OS. The van der Waals surface area contributed by atoms with Crippen molar-refractivity contribution in [1.82, 2.24) is 14.8 Å². The molecule has 0 fully saturated rings. The second-order valence-electron chi connectivity index (χ2n) is 7.21. The molecule has 0 saturated carbocycles. The van der Waals surface area contributed by atoms with Crippen LogP contribution in [0.25, 0.3) is 0 Å². The van der Waals surface area contributed by atoms with Gasteiger partial charge in [-0.2, -0.15) is 0 Å². The smallest absolute Gasteiger partial charge is 0.237 e. The summed E-state index contributed by atoms with van der Waals surface area (Å²) in [6.07, 6.45) is 0. The van der Waals surface area contributed by atoms with Gasteiger partial charge in [-0.3, -0.25) is 9.36 Å². The quantitative estimate of drug-likeness (QED) is 0.843. The SMILES string of the molecule is Cc1cc(C(C)(C)C)cc(C)c1CSc1nnc(C)n1CC(N)=O. The summed E-state index contributed by atoms with van der Waals surface area (Å²) in [5.41, 5.74) is 10.7. The molecule has 2 N–H and O–H groups in total. The zero-order valence-corrected chi connectivity index (χ0v) is 16.1. The first-order valence-corrected chi connectivity index (χ1v) is 8.99. The Morgan fingerprint density at radius 2 is 1.75 bits per heavy atom. The molecule has 0 aliphatic rings. The summed E-state index contributed by atoms with van der Waals surface area (Å²) in [4.78, 5) is 11.2. The van der Waals surface area contributed by atoms with E-state index in [-0.39, 0.29) is 17.9 Å². The second kappa shape index (κ2) is 6.97. The van der Waals surface area contributed by atoms with Crippen molar-refractivity contribution in [3.63, 3.8) is 0 Å². The Hall–Kier alpha value is -1.82. The van der Waals surface area contributed by atoms with Gasteiger partial charge in [-0.1, -0.05) is 44.7 Å². The van der Waals surface area contributed by atoms with Crippen molar-refractivity contribution in [3.8, 4) is 0 Å². The zero-order valence-electron chi connectivity index (χ0n) is 15.3. The van der Waals surface area contributed by atoms with E-state index in [1.807, 2.05) is 6.92 Å². The highest BCUT2D eigenvalue weighted by Gasteiger charge is 2.17. The van der Waals surface area contributed by atoms with Crippen LogP contribution in [0.5, 0.6) is 0 Å². The lowest BCUT2D eigenvalue weighted by molar-refractivity contribution is -0.118. The molecule has 0 spiro atoms. The lowest BCUT2D eigenvalue weighted by Gasteiger charge is -2.22. The van der Waals surface area contributed by atoms with Crippen molar-refractivity contribution in [1.29, 1.82) is 0 Å². The molecule has 0 atom stereocenters. The number of nitrogens with zero attached hydrogens (tertiary/aromatic N) is 3. The minimum atomic E-state index is -0.387. The average molecular weight is 347 g/mol. The number of aryl methyl sites for hydroxylation is 3. The van der Waals surface area contributed by atoms with Crippen LogP contribution in [0.1, 0.15) is 48.8 Å². The van der Waals surface area contributed by atoms with Crippen LogP contribution in [-0.2, 0) is 22.5 Å². The van der Waals surface area contributed by atoms with E-state index >= 15 is 0 Å². The molecule has 0 bridgehead atoms. The Bertz CT molecular complexity index is 736. The van der Waals surface area contributed by atoms with Crippen molar-refractivity contribution in [3.05, 3.63) is 40.2 Å². The fourth-order valence-corrected chi connectivity index (χ4v) is 3.78. The number of hydrogen-bond acceptors (Lipinski definition) is 4. The number of rotatable bonds is 5. The van der Waals surface area contributed by atoms with Crippen molar-refractivity contribution in [2.75, 3.05) is 0 Å². The maximum Gasteiger partial charge on any atom is 0.237 e. The predicted molar refractivity (Wildman–Crippen MR) is 98.1 cm³/mol. The minimum Gasteiger partial charge on any atom is -0.368 e. The first kappa shape index (κ1) is 18.5. The molecule has 0 radical (unpaired) electrons. The van der Waals surface area contributed by atoms with Crippen LogP contribution >= 0.6 is 11.8 Å². The van der Waals surface area contributed by atoms with Gasteiger partial charge in [-0.25, -0.2) is 0 Å². The largest absolute Gasteiger partial charge is 0.368 e. The Morgan fingerprint density at radius 1 is 1.17 bits per heavy atom. The number of benzene rings is 1. The number of nitrogens with two attached hydrogens (primary N) is 1. The lowest BCUT2D eigenvalue weighted by Crippen LogP contribution is -2.20. The number of carbonyl (C=O) groups is 1. The molecule has 1 heterocycles. The van der Waals surface area contributed by atoms with Crippen LogP contribution in [0.3, 0.4) is 0 Å². The summed E-state index contributed by atoms with van der Waals surface area (Å²) in [6, 6.07) is 4.53. The maximum absolute atomic E-state index is 11.2. The highest BCUT2D eigenvalue weighted by molar-refractivity contribution is 7.98. The van der Waals surface area contributed by atoms with Crippen molar-refractivity contribution >= 4 is 17.7 Å². The monoisotopic (exact) mass is 346 g/mol. The topological polar surface area (TPSA) is 73.8 Å². The standard InChI is InChI=1S/C18H26N4OS/c1-11-7-14(18(4,5)6)8-12(2)15(11)10-24-17-21-20-13(3)22(17)9-16(19)23/h7-8H,9-10H2,1-6H3,(H2,19,23). The molecular weight excluding hydrogens is 320 g/mol. The van der Waals surface area contributed by atoms with E-state index in [1.54, 1.807) is 16.3 Å². The molecule has 0 saturated heterocycles. The third kappa shape index (κ3) is 4.17. The van der Waals surface area contributed by atoms with E-state index in [2.05, 4.69) is 56.9 Å². The zero-order chi connectivity index (χ0) is 18.1. The molecule has 0 aliphatic heterocycles. The van der Waals surface area contributed by atoms with E-state index in [0.717, 1.165) is 10.9 Å². The molecule has 130 valence electrons. The molecule has 5 nitrogen and oxygen atoms in total. The van der Waals surface area contributed by atoms with Crippen LogP contribution in [0, 0.1) is 20.8 Å². The van der Waals surface area contributed by atoms with E-state index in [4.69, 9.17) is 5.73 Å². The van der Waals surface area contributed by atoms with Crippen molar-refractivity contribution in [2.45, 2.75) is 64.4 Å². The molecule has 2 rings (SSSR count). The van der Waals surface area contributed by atoms with E-state index in [1.165, 1.54) is 22.3 Å². The first-order valence-electron chi connectivity index (χ1n) is 8.01. The molecule has 1 aromatic carbocycles. The van der Waals surface area contributed by atoms with E-state index < -0.39 is 0 Å². The number of amides is 1. The molecule has 0 aliphatic carbocycles. The van der Waals surface area contributed by atoms with Crippen LogP contribution in [0.4, 0.5) is 0 Å². The minimum absolute atomic E-state index is 0.113. The number of thioether (sulfide) groups is 1. The Labute approximate surface area is 148 Å². The molecule has 0 unspecified atom stereocenters. The van der Waals surface area contributed by atoms with Gasteiger partial charge in [0.1, 0.15) is 12.4 Å². The summed E-state index contributed by atoms with van der Waals surface area (Å²) in [7, 11) is 0. The fourth-order valence-electron chi connectivity index (χ4n) is 2.60. The van der Waals surface area contributed by atoms with Gasteiger partial charge in [-0.05, 0) is 48.4 Å². The third-order valence-electron chi connectivity index (χ3n) is 4.12. The summed E-state index contributed by atoms with van der Waals surface area (Å²) in [5.74, 6) is 1.10. The predicted octanol–water partition coefficient (Wildman–Crippen LogP) is 3.28. The average Bonchev–Trinajstić information content (AvgIpc) is 2.77. The summed E-state index contributed by atoms with van der Waals surface area (Å²) >= 11 is 1.59. The van der Waals surface area contributed by atoms with Gasteiger partial charge in [0, 0.05) is 5.75 Å². The Balaban J connectivity index is 2.23. The lowest BCUT2D eigenvalue weighted by atomic mass is 9.84. The normalized spacial score (nSPS) is 11.8. The van der Waals surface area contributed by atoms with Gasteiger partial charge in [0.05, 0.1) is 0 Å². The summed E-state index contributed by atoms with van der Waals surface area (Å²) in [6.45, 7) is 12.9. The van der Waals surface area contributed by atoms with Crippen LogP contribution in [-0.4, -0.2) is 20.7 Å². The molecule has 2 aromatic rings. The second-order valence-corrected chi connectivity index (χ2v) is 8.15. The van der Waals surface area contributed by atoms with Crippen LogP contribution in [0.15, 0.2) is 17.3 Å². The first-order chi connectivity index (χ1) is 11.1. The molecule has 1 aromatic heterocycles. The van der Waals surface area contributed by atoms with E-state index in [9.17, 15) is 4.79 Å².